The standard InChI is InChI=1S/C15H23ClN2O4S/c1-21-13-5-4-11(14(16)15(13)22-2)10-18-8-6-12(7-9-18)17-23(3,19)20/h4-5,12,17H,6-10H2,1-3H3. The molecule has 0 amide bonds. The molecule has 0 aromatic heterocycles. The van der Waals surface area contributed by atoms with E-state index in [0.717, 1.165) is 31.5 Å². The predicted molar refractivity (Wildman–Crippen MR) is 90.8 cm³/mol. The van der Waals surface area contributed by atoms with E-state index in [-0.39, 0.29) is 6.04 Å². The van der Waals surface area contributed by atoms with Crippen molar-refractivity contribution in [1.29, 1.82) is 0 Å². The second-order valence-electron chi connectivity index (χ2n) is 5.71. The van der Waals surface area contributed by atoms with Gasteiger partial charge < -0.3 is 9.47 Å². The topological polar surface area (TPSA) is 67.9 Å². The highest BCUT2D eigenvalue weighted by atomic mass is 35.5. The van der Waals surface area contributed by atoms with E-state index in [1.54, 1.807) is 14.2 Å². The van der Waals surface area contributed by atoms with Gasteiger partial charge in [0.05, 0.1) is 25.5 Å². The van der Waals surface area contributed by atoms with Crippen molar-refractivity contribution in [2.24, 2.45) is 0 Å². The van der Waals surface area contributed by atoms with Crippen LogP contribution in [-0.2, 0) is 16.6 Å². The Morgan fingerprint density at radius 2 is 1.91 bits per heavy atom. The van der Waals surface area contributed by atoms with Gasteiger partial charge >= 0.3 is 0 Å². The second-order valence-corrected chi connectivity index (χ2v) is 7.87. The van der Waals surface area contributed by atoms with Crippen LogP contribution < -0.4 is 14.2 Å². The SMILES string of the molecule is COc1ccc(CN2CCC(NS(C)(=O)=O)CC2)c(Cl)c1OC. The monoisotopic (exact) mass is 362 g/mol. The summed E-state index contributed by atoms with van der Waals surface area (Å²) < 4.78 is 35.8. The maximum absolute atomic E-state index is 11.3. The molecule has 1 N–H and O–H groups in total. The highest BCUT2D eigenvalue weighted by molar-refractivity contribution is 7.88. The summed E-state index contributed by atoms with van der Waals surface area (Å²) in [6.07, 6.45) is 2.78. The lowest BCUT2D eigenvalue weighted by molar-refractivity contribution is 0.200. The van der Waals surface area contributed by atoms with Crippen LogP contribution in [0.4, 0.5) is 0 Å². The fourth-order valence-corrected chi connectivity index (χ4v) is 3.94. The van der Waals surface area contributed by atoms with Gasteiger partial charge in [0.2, 0.25) is 10.0 Å². The predicted octanol–water partition coefficient (Wildman–Crippen LogP) is 1.87. The van der Waals surface area contributed by atoms with Gasteiger partial charge in [0, 0.05) is 25.7 Å². The van der Waals surface area contributed by atoms with Crippen LogP contribution in [-0.4, -0.2) is 52.9 Å². The fourth-order valence-electron chi connectivity index (χ4n) is 2.80. The number of rotatable bonds is 6. The van der Waals surface area contributed by atoms with Gasteiger partial charge in [0.25, 0.3) is 0 Å². The Bertz CT molecular complexity index is 643. The van der Waals surface area contributed by atoms with E-state index in [1.165, 1.54) is 6.26 Å². The number of hydrogen-bond donors (Lipinski definition) is 1. The molecule has 6 nitrogen and oxygen atoms in total. The van der Waals surface area contributed by atoms with E-state index >= 15 is 0 Å². The molecule has 0 radical (unpaired) electrons. The molecule has 0 saturated carbocycles. The lowest BCUT2D eigenvalue weighted by Gasteiger charge is -2.32. The first-order valence-electron chi connectivity index (χ1n) is 7.43. The Morgan fingerprint density at radius 3 is 2.43 bits per heavy atom. The lowest BCUT2D eigenvalue weighted by atomic mass is 10.1. The molecule has 1 aromatic rings. The third-order valence-electron chi connectivity index (χ3n) is 3.93. The van der Waals surface area contributed by atoms with Gasteiger partial charge in [-0.05, 0) is 24.5 Å². The largest absolute Gasteiger partial charge is 0.493 e. The number of piperidine rings is 1. The zero-order valence-corrected chi connectivity index (χ0v) is 15.2. The van der Waals surface area contributed by atoms with Gasteiger partial charge in [0.1, 0.15) is 0 Å². The molecule has 0 aliphatic carbocycles. The molecule has 2 rings (SSSR count). The number of ether oxygens (including phenoxy) is 2. The van der Waals surface area contributed by atoms with Crippen molar-refractivity contribution in [3.63, 3.8) is 0 Å². The molecule has 1 aromatic carbocycles. The van der Waals surface area contributed by atoms with Crippen molar-refractivity contribution >= 4 is 21.6 Å². The number of nitrogens with one attached hydrogen (secondary N) is 1. The van der Waals surface area contributed by atoms with Gasteiger partial charge in [0.15, 0.2) is 11.5 Å². The molecule has 23 heavy (non-hydrogen) atoms. The number of likely N-dealkylation sites (tertiary alicyclic amines) is 1. The van der Waals surface area contributed by atoms with E-state index in [4.69, 9.17) is 21.1 Å². The molecule has 8 heteroatoms. The average Bonchev–Trinajstić information content (AvgIpc) is 2.49. The molecule has 0 bridgehead atoms. The van der Waals surface area contributed by atoms with Crippen LogP contribution in [0.5, 0.6) is 11.5 Å². The minimum atomic E-state index is -3.14. The first-order chi connectivity index (χ1) is 10.8. The van der Waals surface area contributed by atoms with Crippen LogP contribution in [0, 0.1) is 0 Å². The van der Waals surface area contributed by atoms with Gasteiger partial charge in [-0.3, -0.25) is 4.90 Å². The first-order valence-corrected chi connectivity index (χ1v) is 9.70. The number of halogens is 1. The summed E-state index contributed by atoms with van der Waals surface area (Å²) in [6, 6.07) is 3.80. The van der Waals surface area contributed by atoms with Crippen LogP contribution in [0.25, 0.3) is 0 Å². The fraction of sp³-hybridized carbons (Fsp3) is 0.600. The number of hydrogen-bond acceptors (Lipinski definition) is 5. The highest BCUT2D eigenvalue weighted by Crippen LogP contribution is 2.37. The van der Waals surface area contributed by atoms with Gasteiger partial charge in [-0.1, -0.05) is 17.7 Å². The Balaban J connectivity index is 1.99. The molecule has 1 saturated heterocycles. The average molecular weight is 363 g/mol. The number of benzene rings is 1. The summed E-state index contributed by atoms with van der Waals surface area (Å²) in [6.45, 7) is 2.33. The van der Waals surface area contributed by atoms with Crippen LogP contribution in [0.1, 0.15) is 18.4 Å². The smallest absolute Gasteiger partial charge is 0.208 e. The summed E-state index contributed by atoms with van der Waals surface area (Å²) in [5.74, 6) is 1.15. The molecule has 1 aliphatic heterocycles. The molecule has 0 unspecified atom stereocenters. The second kappa shape index (κ2) is 7.70. The van der Waals surface area contributed by atoms with Gasteiger partial charge in [-0.15, -0.1) is 0 Å². The first kappa shape index (κ1) is 18.3. The molecule has 130 valence electrons. The highest BCUT2D eigenvalue weighted by Gasteiger charge is 2.23. The van der Waals surface area contributed by atoms with Crippen molar-refractivity contribution in [2.75, 3.05) is 33.6 Å². The van der Waals surface area contributed by atoms with Crippen molar-refractivity contribution in [1.82, 2.24) is 9.62 Å². The van der Waals surface area contributed by atoms with Crippen LogP contribution in [0.2, 0.25) is 5.02 Å². The number of nitrogens with zero attached hydrogens (tertiary/aromatic N) is 1. The molecule has 0 spiro atoms. The van der Waals surface area contributed by atoms with Gasteiger partial charge in [-0.25, -0.2) is 13.1 Å². The quantitative estimate of drug-likeness (QED) is 0.836. The van der Waals surface area contributed by atoms with Crippen LogP contribution >= 0.6 is 11.6 Å². The molecular formula is C15H23ClN2O4S. The summed E-state index contributed by atoms with van der Waals surface area (Å²) >= 11 is 6.40. The Labute approximate surface area is 142 Å². The summed E-state index contributed by atoms with van der Waals surface area (Å²) in [5.41, 5.74) is 0.971. The molecule has 1 fully saturated rings. The normalized spacial score (nSPS) is 17.2. The zero-order valence-electron chi connectivity index (χ0n) is 13.6. The van der Waals surface area contributed by atoms with Crippen LogP contribution in [0.15, 0.2) is 12.1 Å². The van der Waals surface area contributed by atoms with E-state index < -0.39 is 10.0 Å². The summed E-state index contributed by atoms with van der Waals surface area (Å²) in [7, 11) is -0.00146. The van der Waals surface area contributed by atoms with Crippen molar-refractivity contribution in [3.8, 4) is 11.5 Å². The van der Waals surface area contributed by atoms with Crippen molar-refractivity contribution in [3.05, 3.63) is 22.7 Å². The van der Waals surface area contributed by atoms with E-state index in [1.807, 2.05) is 12.1 Å². The Kier molecular flexibility index (Phi) is 6.13. The summed E-state index contributed by atoms with van der Waals surface area (Å²) in [5, 5.41) is 0.559. The third-order valence-corrected chi connectivity index (χ3v) is 5.10. The van der Waals surface area contributed by atoms with Crippen LogP contribution in [0.3, 0.4) is 0 Å². The van der Waals surface area contributed by atoms with Gasteiger partial charge in [-0.2, -0.15) is 0 Å². The maximum atomic E-state index is 11.3. The van der Waals surface area contributed by atoms with Crippen molar-refractivity contribution < 1.29 is 17.9 Å². The number of methoxy groups -OCH3 is 2. The summed E-state index contributed by atoms with van der Waals surface area (Å²) in [4.78, 5) is 2.26. The van der Waals surface area contributed by atoms with E-state index in [9.17, 15) is 8.42 Å². The third kappa shape index (κ3) is 4.97. The lowest BCUT2D eigenvalue weighted by Crippen LogP contribution is -2.43. The molecular weight excluding hydrogens is 340 g/mol. The Hall–Kier alpha value is -1.02. The minimum Gasteiger partial charge on any atom is -0.493 e. The van der Waals surface area contributed by atoms with Crippen molar-refractivity contribution in [2.45, 2.75) is 25.4 Å². The minimum absolute atomic E-state index is 0.0159. The molecule has 1 heterocycles. The Morgan fingerprint density at radius 1 is 1.26 bits per heavy atom. The van der Waals surface area contributed by atoms with E-state index in [2.05, 4.69) is 9.62 Å². The van der Waals surface area contributed by atoms with E-state index in [0.29, 0.717) is 23.1 Å². The molecule has 0 atom stereocenters. The maximum Gasteiger partial charge on any atom is 0.208 e. The molecule has 1 aliphatic rings. The zero-order chi connectivity index (χ0) is 17.0. The number of sulfonamides is 1.